The van der Waals surface area contributed by atoms with Gasteiger partial charge < -0.3 is 19.0 Å². The summed E-state index contributed by atoms with van der Waals surface area (Å²) < 4.78 is 16.5. The number of aldehydes is 1. The molecule has 1 saturated heterocycles. The first kappa shape index (κ1) is 13.9. The van der Waals surface area contributed by atoms with Crippen molar-refractivity contribution in [3.05, 3.63) is 23.8 Å². The van der Waals surface area contributed by atoms with Crippen LogP contribution in [-0.4, -0.2) is 32.7 Å². The molecule has 1 aromatic carbocycles. The fourth-order valence-electron chi connectivity index (χ4n) is 2.16. The summed E-state index contributed by atoms with van der Waals surface area (Å²) in [5.74, 6) is 1.63. The second-order valence-corrected chi connectivity index (χ2v) is 4.82. The van der Waals surface area contributed by atoms with E-state index >= 15 is 0 Å². The van der Waals surface area contributed by atoms with E-state index in [1.807, 2.05) is 25.1 Å². The van der Waals surface area contributed by atoms with Crippen LogP contribution in [0.25, 0.3) is 0 Å². The highest BCUT2D eigenvalue weighted by atomic mass is 16.6. The maximum Gasteiger partial charge on any atom is 0.161 e. The first-order chi connectivity index (χ1) is 9.24. The van der Waals surface area contributed by atoms with Crippen LogP contribution in [0.4, 0.5) is 0 Å². The maximum absolute atomic E-state index is 10.6. The Morgan fingerprint density at radius 1 is 1.47 bits per heavy atom. The number of hydrogen-bond acceptors (Lipinski definition) is 4. The van der Waals surface area contributed by atoms with Crippen molar-refractivity contribution in [1.29, 1.82) is 0 Å². The van der Waals surface area contributed by atoms with E-state index in [0.29, 0.717) is 18.8 Å². The lowest BCUT2D eigenvalue weighted by Gasteiger charge is -2.17. The number of hydrogen-bond donors (Lipinski definition) is 0. The molecule has 2 atom stereocenters. The predicted octanol–water partition coefficient (Wildman–Crippen LogP) is 2.56. The van der Waals surface area contributed by atoms with E-state index in [9.17, 15) is 4.79 Å². The minimum Gasteiger partial charge on any atom is -0.493 e. The van der Waals surface area contributed by atoms with Crippen molar-refractivity contribution in [3.63, 3.8) is 0 Å². The van der Waals surface area contributed by atoms with E-state index in [2.05, 4.69) is 0 Å². The molecule has 19 heavy (non-hydrogen) atoms. The predicted molar refractivity (Wildman–Crippen MR) is 71.9 cm³/mol. The average molecular weight is 264 g/mol. The Labute approximate surface area is 113 Å². The van der Waals surface area contributed by atoms with Crippen LogP contribution >= 0.6 is 0 Å². The Kier molecular flexibility index (Phi) is 4.80. The van der Waals surface area contributed by atoms with E-state index in [1.165, 1.54) is 0 Å². The van der Waals surface area contributed by atoms with Gasteiger partial charge in [-0.2, -0.15) is 0 Å². The standard InChI is InChI=1S/C15H20O4/c1-11(5-7-16)12-3-4-14(17-2)15(9-12)19-13-6-8-18-10-13/h3-4,7,9,11,13H,5-6,8,10H2,1-2H3. The third-order valence-corrected chi connectivity index (χ3v) is 3.39. The average Bonchev–Trinajstić information content (AvgIpc) is 2.92. The van der Waals surface area contributed by atoms with Gasteiger partial charge in [-0.15, -0.1) is 0 Å². The molecule has 0 saturated carbocycles. The second-order valence-electron chi connectivity index (χ2n) is 4.82. The fraction of sp³-hybridized carbons (Fsp3) is 0.533. The summed E-state index contributed by atoms with van der Waals surface area (Å²) in [5, 5.41) is 0. The number of rotatable bonds is 6. The molecule has 1 heterocycles. The highest BCUT2D eigenvalue weighted by Crippen LogP contribution is 2.33. The normalized spacial score (nSPS) is 20.0. The summed E-state index contributed by atoms with van der Waals surface area (Å²) in [6, 6.07) is 5.83. The number of carbonyl (C=O) groups excluding carboxylic acids is 1. The van der Waals surface area contributed by atoms with E-state index in [1.54, 1.807) is 7.11 Å². The maximum atomic E-state index is 10.6. The van der Waals surface area contributed by atoms with Crippen molar-refractivity contribution < 1.29 is 19.0 Å². The monoisotopic (exact) mass is 264 g/mol. The van der Waals surface area contributed by atoms with Gasteiger partial charge in [0.05, 0.1) is 20.3 Å². The van der Waals surface area contributed by atoms with Gasteiger partial charge in [-0.1, -0.05) is 13.0 Å². The Morgan fingerprint density at radius 2 is 2.32 bits per heavy atom. The van der Waals surface area contributed by atoms with Crippen LogP contribution in [0, 0.1) is 0 Å². The molecule has 2 rings (SSSR count). The molecule has 2 unspecified atom stereocenters. The van der Waals surface area contributed by atoms with Gasteiger partial charge in [0.25, 0.3) is 0 Å². The molecule has 0 aliphatic carbocycles. The first-order valence-corrected chi connectivity index (χ1v) is 6.60. The van der Waals surface area contributed by atoms with Crippen molar-refractivity contribution in [2.75, 3.05) is 20.3 Å². The molecular formula is C15H20O4. The SMILES string of the molecule is COc1ccc(C(C)CC=O)cc1OC1CCOC1. The number of methoxy groups -OCH3 is 1. The molecule has 0 N–H and O–H groups in total. The molecule has 1 aromatic rings. The van der Waals surface area contributed by atoms with E-state index < -0.39 is 0 Å². The number of carbonyl (C=O) groups is 1. The smallest absolute Gasteiger partial charge is 0.161 e. The highest BCUT2D eigenvalue weighted by Gasteiger charge is 2.19. The molecule has 0 spiro atoms. The number of benzene rings is 1. The molecule has 1 aliphatic heterocycles. The largest absolute Gasteiger partial charge is 0.493 e. The highest BCUT2D eigenvalue weighted by molar-refractivity contribution is 5.52. The molecular weight excluding hydrogens is 244 g/mol. The van der Waals surface area contributed by atoms with E-state index in [-0.39, 0.29) is 12.0 Å². The van der Waals surface area contributed by atoms with Crippen LogP contribution < -0.4 is 9.47 Å². The second kappa shape index (κ2) is 6.57. The van der Waals surface area contributed by atoms with Crippen molar-refractivity contribution in [2.45, 2.75) is 31.8 Å². The van der Waals surface area contributed by atoms with Gasteiger partial charge in [-0.05, 0) is 23.6 Å². The molecule has 0 aromatic heterocycles. The summed E-state index contributed by atoms with van der Waals surface area (Å²) in [4.78, 5) is 10.6. The van der Waals surface area contributed by atoms with Gasteiger partial charge >= 0.3 is 0 Å². The van der Waals surface area contributed by atoms with E-state index in [0.717, 1.165) is 30.6 Å². The summed E-state index contributed by atoms with van der Waals surface area (Å²) in [6.07, 6.45) is 2.45. The van der Waals surface area contributed by atoms with Crippen LogP contribution in [0.15, 0.2) is 18.2 Å². The summed E-state index contributed by atoms with van der Waals surface area (Å²) >= 11 is 0. The third kappa shape index (κ3) is 3.47. The van der Waals surface area contributed by atoms with Gasteiger partial charge in [0, 0.05) is 12.8 Å². The molecule has 4 heteroatoms. The van der Waals surface area contributed by atoms with Crippen LogP contribution in [0.1, 0.15) is 31.2 Å². The molecule has 1 fully saturated rings. The van der Waals surface area contributed by atoms with Crippen LogP contribution in [0.3, 0.4) is 0 Å². The quantitative estimate of drug-likeness (QED) is 0.741. The Bertz CT molecular complexity index is 424. The minimum absolute atomic E-state index is 0.0885. The van der Waals surface area contributed by atoms with Gasteiger partial charge in [0.2, 0.25) is 0 Å². The van der Waals surface area contributed by atoms with Crippen LogP contribution in [0.5, 0.6) is 11.5 Å². The molecule has 104 valence electrons. The summed E-state index contributed by atoms with van der Waals surface area (Å²) in [7, 11) is 1.63. The molecule has 0 radical (unpaired) electrons. The van der Waals surface area contributed by atoms with Crippen molar-refractivity contribution in [3.8, 4) is 11.5 Å². The van der Waals surface area contributed by atoms with Gasteiger partial charge in [0.1, 0.15) is 12.4 Å². The van der Waals surface area contributed by atoms with Crippen molar-refractivity contribution in [2.24, 2.45) is 0 Å². The lowest BCUT2D eigenvalue weighted by atomic mass is 9.98. The molecule has 4 nitrogen and oxygen atoms in total. The zero-order chi connectivity index (χ0) is 13.7. The van der Waals surface area contributed by atoms with Crippen LogP contribution in [-0.2, 0) is 9.53 Å². The topological polar surface area (TPSA) is 44.8 Å². The Hall–Kier alpha value is -1.55. The lowest BCUT2D eigenvalue weighted by molar-refractivity contribution is -0.108. The zero-order valence-corrected chi connectivity index (χ0v) is 11.4. The lowest BCUT2D eigenvalue weighted by Crippen LogP contribution is -2.16. The van der Waals surface area contributed by atoms with Crippen LogP contribution in [0.2, 0.25) is 0 Å². The van der Waals surface area contributed by atoms with Crippen molar-refractivity contribution in [1.82, 2.24) is 0 Å². The van der Waals surface area contributed by atoms with Gasteiger partial charge in [-0.25, -0.2) is 0 Å². The summed E-state index contributed by atoms with van der Waals surface area (Å²) in [6.45, 7) is 3.39. The minimum atomic E-state index is 0.0885. The van der Waals surface area contributed by atoms with Gasteiger partial charge in [0.15, 0.2) is 11.5 Å². The van der Waals surface area contributed by atoms with E-state index in [4.69, 9.17) is 14.2 Å². The fourth-order valence-corrected chi connectivity index (χ4v) is 2.16. The summed E-state index contributed by atoms with van der Waals surface area (Å²) in [5.41, 5.74) is 1.09. The number of ether oxygens (including phenoxy) is 3. The van der Waals surface area contributed by atoms with Gasteiger partial charge in [-0.3, -0.25) is 0 Å². The Balaban J connectivity index is 2.17. The first-order valence-electron chi connectivity index (χ1n) is 6.60. The molecule has 0 amide bonds. The molecule has 1 aliphatic rings. The molecule has 0 bridgehead atoms. The Morgan fingerprint density at radius 3 is 2.95 bits per heavy atom. The zero-order valence-electron chi connectivity index (χ0n) is 11.4. The van der Waals surface area contributed by atoms with Crippen molar-refractivity contribution >= 4 is 6.29 Å². The third-order valence-electron chi connectivity index (χ3n) is 3.39.